The summed E-state index contributed by atoms with van der Waals surface area (Å²) in [4.78, 5) is 16.2. The van der Waals surface area contributed by atoms with Crippen molar-refractivity contribution in [1.29, 1.82) is 0 Å². The van der Waals surface area contributed by atoms with Crippen LogP contribution in [0.1, 0.15) is 16.7 Å². The molecule has 0 bridgehead atoms. The maximum atomic E-state index is 12.8. The molecule has 1 heterocycles. The quantitative estimate of drug-likeness (QED) is 0.918. The molecule has 0 radical (unpaired) electrons. The van der Waals surface area contributed by atoms with Crippen LogP contribution in [0.2, 0.25) is 0 Å². The lowest BCUT2D eigenvalue weighted by Crippen LogP contribution is -2.26. The van der Waals surface area contributed by atoms with Crippen LogP contribution in [0.5, 0.6) is 0 Å². The van der Waals surface area contributed by atoms with Crippen LogP contribution in [0.3, 0.4) is 0 Å². The van der Waals surface area contributed by atoms with Crippen LogP contribution < -0.4 is 5.32 Å². The van der Waals surface area contributed by atoms with E-state index in [1.165, 1.54) is 12.1 Å². The second-order valence-electron chi connectivity index (χ2n) is 5.75. The number of hydrogen-bond acceptors (Lipinski definition) is 3. The zero-order valence-corrected chi connectivity index (χ0v) is 13.3. The highest BCUT2D eigenvalue weighted by Crippen LogP contribution is 2.30. The molecule has 1 unspecified atom stereocenters. The number of aliphatic imine (C=N–C) groups is 1. The lowest BCUT2D eigenvalue weighted by Gasteiger charge is -2.10. The van der Waals surface area contributed by atoms with Gasteiger partial charge < -0.3 is 4.74 Å². The molecule has 1 aliphatic rings. The third kappa shape index (κ3) is 4.17. The maximum absolute atomic E-state index is 12.8. The van der Waals surface area contributed by atoms with Crippen LogP contribution >= 0.6 is 0 Å². The molecule has 1 amide bonds. The van der Waals surface area contributed by atoms with Gasteiger partial charge in [-0.15, -0.1) is 0 Å². The number of hydrogen-bond donors (Lipinski definition) is 1. The average molecular weight is 348 g/mol. The first-order valence-corrected chi connectivity index (χ1v) is 7.60. The Balaban J connectivity index is 1.72. The summed E-state index contributed by atoms with van der Waals surface area (Å²) < 4.78 is 43.7. The van der Waals surface area contributed by atoms with Crippen molar-refractivity contribution in [3.05, 3.63) is 65.2 Å². The van der Waals surface area contributed by atoms with Crippen LogP contribution in [-0.2, 0) is 22.1 Å². The second kappa shape index (κ2) is 6.58. The zero-order valence-electron chi connectivity index (χ0n) is 13.3. The number of alkyl halides is 3. The highest BCUT2D eigenvalue weighted by Gasteiger charge is 2.33. The Morgan fingerprint density at radius 2 is 1.88 bits per heavy atom. The van der Waals surface area contributed by atoms with Crippen LogP contribution in [0, 0.1) is 6.92 Å². The van der Waals surface area contributed by atoms with Crippen LogP contribution in [0.25, 0.3) is 0 Å². The van der Waals surface area contributed by atoms with Gasteiger partial charge in [0.25, 0.3) is 11.9 Å². The minimum Gasteiger partial charge on any atom is -0.451 e. The normalized spacial score (nSPS) is 19.0. The summed E-state index contributed by atoms with van der Waals surface area (Å²) in [7, 11) is 0. The Kier molecular flexibility index (Phi) is 4.48. The van der Waals surface area contributed by atoms with Gasteiger partial charge in [-0.3, -0.25) is 10.1 Å². The number of carbonyl (C=O) groups is 1. The Hall–Kier alpha value is -2.83. The van der Waals surface area contributed by atoms with E-state index in [-0.39, 0.29) is 12.4 Å². The molecule has 1 saturated heterocycles. The van der Waals surface area contributed by atoms with E-state index in [1.54, 1.807) is 12.1 Å². The number of amides is 1. The lowest BCUT2D eigenvalue weighted by molar-refractivity contribution is -0.137. The van der Waals surface area contributed by atoms with E-state index in [2.05, 4.69) is 10.3 Å². The van der Waals surface area contributed by atoms with Crippen molar-refractivity contribution in [2.75, 3.05) is 0 Å². The molecule has 0 saturated carbocycles. The first kappa shape index (κ1) is 17.0. The van der Waals surface area contributed by atoms with Crippen molar-refractivity contribution in [2.24, 2.45) is 4.99 Å². The summed E-state index contributed by atoms with van der Waals surface area (Å²) in [6, 6.07) is 12.2. The fourth-order valence-corrected chi connectivity index (χ4v) is 2.42. The number of nitrogens with zero attached hydrogens (tertiary/aromatic N) is 1. The Morgan fingerprint density at radius 3 is 2.56 bits per heavy atom. The molecule has 2 aromatic carbocycles. The molecule has 1 aliphatic heterocycles. The Labute approximate surface area is 142 Å². The van der Waals surface area contributed by atoms with Crippen molar-refractivity contribution in [2.45, 2.75) is 25.6 Å². The average Bonchev–Trinajstić information content (AvgIpc) is 2.88. The summed E-state index contributed by atoms with van der Waals surface area (Å²) in [5.74, 6) is -0.428. The van der Waals surface area contributed by atoms with Crippen LogP contribution in [0.4, 0.5) is 18.9 Å². The molecule has 2 aromatic rings. The van der Waals surface area contributed by atoms with Gasteiger partial charge in [0, 0.05) is 6.42 Å². The van der Waals surface area contributed by atoms with Gasteiger partial charge in [0.1, 0.15) is 0 Å². The fraction of sp³-hybridized carbons (Fsp3) is 0.222. The molecule has 1 fully saturated rings. The highest BCUT2D eigenvalue weighted by atomic mass is 19.4. The van der Waals surface area contributed by atoms with Crippen LogP contribution in [0.15, 0.2) is 53.5 Å². The Bertz CT molecular complexity index is 814. The van der Waals surface area contributed by atoms with E-state index in [9.17, 15) is 18.0 Å². The van der Waals surface area contributed by atoms with E-state index < -0.39 is 23.8 Å². The molecule has 0 aromatic heterocycles. The van der Waals surface area contributed by atoms with E-state index in [0.29, 0.717) is 11.3 Å². The predicted octanol–water partition coefficient (Wildman–Crippen LogP) is 3.76. The van der Waals surface area contributed by atoms with E-state index in [1.807, 2.05) is 19.1 Å². The van der Waals surface area contributed by atoms with Crippen LogP contribution in [-0.4, -0.2) is 18.0 Å². The molecule has 4 nitrogen and oxygen atoms in total. The van der Waals surface area contributed by atoms with E-state index >= 15 is 0 Å². The van der Waals surface area contributed by atoms with E-state index in [4.69, 9.17) is 4.74 Å². The van der Waals surface area contributed by atoms with Gasteiger partial charge in [-0.2, -0.15) is 18.2 Å². The maximum Gasteiger partial charge on any atom is 0.416 e. The second-order valence-corrected chi connectivity index (χ2v) is 5.75. The Morgan fingerprint density at radius 1 is 1.16 bits per heavy atom. The summed E-state index contributed by atoms with van der Waals surface area (Å²) >= 11 is 0. The summed E-state index contributed by atoms with van der Waals surface area (Å²) in [6.07, 6.45) is -5.30. The van der Waals surface area contributed by atoms with Crippen molar-refractivity contribution < 1.29 is 22.7 Å². The van der Waals surface area contributed by atoms with Crippen molar-refractivity contribution in [1.82, 2.24) is 5.32 Å². The van der Waals surface area contributed by atoms with Gasteiger partial charge in [-0.1, -0.05) is 35.9 Å². The molecule has 1 N–H and O–H groups in total. The summed E-state index contributed by atoms with van der Waals surface area (Å²) in [5.41, 5.74) is 1.30. The lowest BCUT2D eigenvalue weighted by atomic mass is 10.0. The number of aryl methyl sites for hydroxylation is 1. The van der Waals surface area contributed by atoms with Gasteiger partial charge in [0.15, 0.2) is 6.10 Å². The van der Waals surface area contributed by atoms with Gasteiger partial charge in [0.05, 0.1) is 11.3 Å². The predicted molar refractivity (Wildman–Crippen MR) is 86.4 cm³/mol. The molecule has 3 rings (SSSR count). The number of amidine groups is 1. The molecular weight excluding hydrogens is 333 g/mol. The number of carbonyl (C=O) groups excluding carboxylic acids is 1. The van der Waals surface area contributed by atoms with Crippen molar-refractivity contribution >= 4 is 17.6 Å². The van der Waals surface area contributed by atoms with E-state index in [0.717, 1.165) is 17.7 Å². The molecule has 130 valence electrons. The smallest absolute Gasteiger partial charge is 0.416 e. The largest absolute Gasteiger partial charge is 0.451 e. The minimum atomic E-state index is -4.42. The number of halogens is 3. The minimum absolute atomic E-state index is 0.0304. The summed E-state index contributed by atoms with van der Waals surface area (Å²) in [6.45, 7) is 1.94. The standard InChI is InChI=1S/C18H15F3N2O2/c1-11-5-7-14(8-6-11)22-17-23-16(24)15(25-17)10-12-3-2-4-13(9-12)18(19,20)21/h2-9,15H,10H2,1H3,(H,22,23,24). The number of rotatable bonds is 3. The molecule has 0 aliphatic carbocycles. The number of benzene rings is 2. The highest BCUT2D eigenvalue weighted by molar-refractivity contribution is 6.02. The molecular formula is C18H15F3N2O2. The third-order valence-corrected chi connectivity index (χ3v) is 3.72. The molecule has 1 atom stereocenters. The van der Waals surface area contributed by atoms with Gasteiger partial charge >= 0.3 is 6.18 Å². The van der Waals surface area contributed by atoms with Crippen molar-refractivity contribution in [3.8, 4) is 0 Å². The first-order chi connectivity index (χ1) is 11.8. The monoisotopic (exact) mass is 348 g/mol. The SMILES string of the molecule is Cc1ccc(N=C2NC(=O)C(Cc3cccc(C(F)(F)F)c3)O2)cc1. The van der Waals surface area contributed by atoms with Crippen molar-refractivity contribution in [3.63, 3.8) is 0 Å². The van der Waals surface area contributed by atoms with Gasteiger partial charge in [0.2, 0.25) is 0 Å². The first-order valence-electron chi connectivity index (χ1n) is 7.60. The zero-order chi connectivity index (χ0) is 18.0. The summed E-state index contributed by atoms with van der Waals surface area (Å²) in [5, 5.41) is 2.50. The van der Waals surface area contributed by atoms with Gasteiger partial charge in [-0.25, -0.2) is 0 Å². The number of ether oxygens (including phenoxy) is 1. The topological polar surface area (TPSA) is 50.7 Å². The number of nitrogens with one attached hydrogen (secondary N) is 1. The fourth-order valence-electron chi connectivity index (χ4n) is 2.42. The molecule has 7 heteroatoms. The van der Waals surface area contributed by atoms with Gasteiger partial charge in [-0.05, 0) is 30.7 Å². The third-order valence-electron chi connectivity index (χ3n) is 3.72. The molecule has 0 spiro atoms. The molecule has 25 heavy (non-hydrogen) atoms.